The zero-order valence-electron chi connectivity index (χ0n) is 13.7. The quantitative estimate of drug-likeness (QED) is 0.488. The average Bonchev–Trinajstić information content (AvgIpc) is 2.95. The molecule has 2 rings (SSSR count). The Labute approximate surface area is 146 Å². The molecule has 0 bridgehead atoms. The molecule has 0 radical (unpaired) electrons. The number of esters is 1. The van der Waals surface area contributed by atoms with Crippen molar-refractivity contribution >= 4 is 33.2 Å². The van der Waals surface area contributed by atoms with Crippen LogP contribution in [0.5, 0.6) is 0 Å². The fourth-order valence-corrected chi connectivity index (χ4v) is 4.60. The molecule has 1 aromatic rings. The van der Waals surface area contributed by atoms with E-state index in [9.17, 15) is 4.79 Å². The Hall–Kier alpha value is -0.420. The second-order valence-corrected chi connectivity index (χ2v) is 9.17. The highest BCUT2D eigenvalue weighted by Crippen LogP contribution is 2.44. The van der Waals surface area contributed by atoms with Crippen LogP contribution in [0.4, 0.5) is 0 Å². The lowest BCUT2D eigenvalue weighted by Gasteiger charge is -2.37. The van der Waals surface area contributed by atoms with Crippen LogP contribution in [0.2, 0.25) is 0 Å². The van der Waals surface area contributed by atoms with Crippen molar-refractivity contribution in [3.63, 3.8) is 0 Å². The van der Waals surface area contributed by atoms with Gasteiger partial charge in [-0.15, -0.1) is 11.3 Å². The van der Waals surface area contributed by atoms with Gasteiger partial charge in [0.15, 0.2) is 0 Å². The first kappa shape index (κ1) is 17.9. The van der Waals surface area contributed by atoms with Crippen molar-refractivity contribution in [1.29, 1.82) is 0 Å². The molecule has 0 unspecified atom stereocenters. The molecule has 1 heterocycles. The van der Waals surface area contributed by atoms with Crippen molar-refractivity contribution < 1.29 is 9.53 Å². The molecular weight excluding hydrogens is 362 g/mol. The smallest absolute Gasteiger partial charge is 0.308 e. The number of ether oxygens (including phenoxy) is 1. The van der Waals surface area contributed by atoms with Gasteiger partial charge in [0.1, 0.15) is 0 Å². The van der Waals surface area contributed by atoms with Crippen LogP contribution in [-0.4, -0.2) is 17.6 Å². The summed E-state index contributed by atoms with van der Waals surface area (Å²) in [6, 6.07) is 0. The molecule has 1 aliphatic carbocycles. The number of unbranched alkanes of at least 4 members (excludes halogenated alkanes) is 1. The maximum atomic E-state index is 12.1. The van der Waals surface area contributed by atoms with Gasteiger partial charge < -0.3 is 4.74 Å². The van der Waals surface area contributed by atoms with Gasteiger partial charge in [0.2, 0.25) is 0 Å². The fraction of sp³-hybridized carbons (Fsp3) is 0.765. The molecule has 124 valence electrons. The van der Waals surface area contributed by atoms with E-state index < -0.39 is 0 Å². The highest BCUT2D eigenvalue weighted by atomic mass is 79.9. The summed E-state index contributed by atoms with van der Waals surface area (Å²) in [5.74, 6) is 0.707. The van der Waals surface area contributed by atoms with Crippen LogP contribution in [0.25, 0.3) is 0 Å². The van der Waals surface area contributed by atoms with Gasteiger partial charge in [0.05, 0.1) is 27.5 Å². The Balaban J connectivity index is 1.87. The van der Waals surface area contributed by atoms with Crippen molar-refractivity contribution in [3.8, 4) is 0 Å². The van der Waals surface area contributed by atoms with Gasteiger partial charge in [0, 0.05) is 5.41 Å². The molecule has 0 N–H and O–H groups in total. The van der Waals surface area contributed by atoms with E-state index in [2.05, 4.69) is 41.7 Å². The number of halogens is 1. The predicted octanol–water partition coefficient (Wildman–Crippen LogP) is 5.33. The molecule has 0 saturated heterocycles. The fourth-order valence-electron chi connectivity index (χ4n) is 3.21. The Morgan fingerprint density at radius 2 is 2.09 bits per heavy atom. The first-order valence-corrected chi connectivity index (χ1v) is 9.84. The molecule has 0 amide bonds. The average molecular weight is 388 g/mol. The van der Waals surface area contributed by atoms with E-state index in [0.717, 1.165) is 42.3 Å². The minimum Gasteiger partial charge on any atom is -0.465 e. The standard InChI is InChI=1S/C17H26BrNO2S/c1-4-5-10-21-15(20)12-6-8-13(9-7-12)17(2,3)16-19-11-14(18)22-16/h11-13H,4-10H2,1-3H3. The topological polar surface area (TPSA) is 39.2 Å². The molecule has 22 heavy (non-hydrogen) atoms. The van der Waals surface area contributed by atoms with E-state index in [4.69, 9.17) is 4.74 Å². The van der Waals surface area contributed by atoms with Gasteiger partial charge in [-0.25, -0.2) is 4.98 Å². The first-order valence-electron chi connectivity index (χ1n) is 8.23. The van der Waals surface area contributed by atoms with Crippen LogP contribution in [0.3, 0.4) is 0 Å². The third kappa shape index (κ3) is 4.31. The SMILES string of the molecule is CCCCOC(=O)C1CCC(C(C)(C)c2ncc(Br)s2)CC1. The van der Waals surface area contributed by atoms with Crippen LogP contribution in [-0.2, 0) is 14.9 Å². The number of nitrogens with zero attached hydrogens (tertiary/aromatic N) is 1. The van der Waals surface area contributed by atoms with Gasteiger partial charge >= 0.3 is 5.97 Å². The van der Waals surface area contributed by atoms with E-state index in [1.165, 1.54) is 5.01 Å². The summed E-state index contributed by atoms with van der Waals surface area (Å²) < 4.78 is 6.46. The summed E-state index contributed by atoms with van der Waals surface area (Å²) in [5.41, 5.74) is 0.0772. The molecule has 0 spiro atoms. The van der Waals surface area contributed by atoms with Gasteiger partial charge in [-0.2, -0.15) is 0 Å². The van der Waals surface area contributed by atoms with Crippen LogP contribution in [0.15, 0.2) is 9.98 Å². The molecule has 1 aliphatic rings. The molecule has 0 aromatic carbocycles. The Bertz CT molecular complexity index is 493. The second kappa shape index (κ2) is 7.91. The van der Waals surface area contributed by atoms with Crippen molar-refractivity contribution in [1.82, 2.24) is 4.98 Å². The zero-order chi connectivity index (χ0) is 16.2. The van der Waals surface area contributed by atoms with Crippen LogP contribution in [0, 0.1) is 11.8 Å². The van der Waals surface area contributed by atoms with Crippen molar-refractivity contribution in [2.75, 3.05) is 6.61 Å². The molecule has 0 aliphatic heterocycles. The molecule has 5 heteroatoms. The Kier molecular flexibility index (Phi) is 6.45. The first-order chi connectivity index (χ1) is 10.4. The lowest BCUT2D eigenvalue weighted by molar-refractivity contribution is -0.150. The lowest BCUT2D eigenvalue weighted by Crippen LogP contribution is -2.34. The summed E-state index contributed by atoms with van der Waals surface area (Å²) >= 11 is 5.22. The summed E-state index contributed by atoms with van der Waals surface area (Å²) in [6.07, 6.45) is 7.98. The van der Waals surface area contributed by atoms with Gasteiger partial charge in [-0.1, -0.05) is 27.2 Å². The highest BCUT2D eigenvalue weighted by Gasteiger charge is 2.38. The molecule has 1 aromatic heterocycles. The predicted molar refractivity (Wildman–Crippen MR) is 94.2 cm³/mol. The number of carbonyl (C=O) groups is 1. The third-order valence-corrected chi connectivity index (χ3v) is 6.67. The number of rotatable bonds is 6. The Morgan fingerprint density at radius 1 is 1.41 bits per heavy atom. The van der Waals surface area contributed by atoms with Crippen LogP contribution >= 0.6 is 27.3 Å². The van der Waals surface area contributed by atoms with E-state index in [-0.39, 0.29) is 17.3 Å². The lowest BCUT2D eigenvalue weighted by atomic mass is 9.69. The highest BCUT2D eigenvalue weighted by molar-refractivity contribution is 9.11. The normalized spacial score (nSPS) is 22.5. The van der Waals surface area contributed by atoms with Crippen molar-refractivity contribution in [2.24, 2.45) is 11.8 Å². The third-order valence-electron chi connectivity index (χ3n) is 4.85. The molecule has 1 fully saturated rings. The van der Waals surface area contributed by atoms with Crippen molar-refractivity contribution in [2.45, 2.75) is 64.7 Å². The van der Waals surface area contributed by atoms with Gasteiger partial charge in [0.25, 0.3) is 0 Å². The molecule has 3 nitrogen and oxygen atoms in total. The molecule has 0 atom stereocenters. The second-order valence-electron chi connectivity index (χ2n) is 6.76. The minimum atomic E-state index is 0.0155. The van der Waals surface area contributed by atoms with Crippen molar-refractivity contribution in [3.05, 3.63) is 15.0 Å². The molecule has 1 saturated carbocycles. The summed E-state index contributed by atoms with van der Waals surface area (Å²) in [5, 5.41) is 1.19. The maximum absolute atomic E-state index is 12.1. The number of thiazole rings is 1. The summed E-state index contributed by atoms with van der Waals surface area (Å²) in [6.45, 7) is 7.25. The zero-order valence-corrected chi connectivity index (χ0v) is 16.1. The Morgan fingerprint density at radius 3 is 2.64 bits per heavy atom. The number of aromatic nitrogens is 1. The van der Waals surface area contributed by atoms with E-state index in [1.807, 2.05) is 6.20 Å². The van der Waals surface area contributed by atoms with Gasteiger partial charge in [-0.05, 0) is 54.0 Å². The minimum absolute atomic E-state index is 0.0155. The monoisotopic (exact) mass is 387 g/mol. The van der Waals surface area contributed by atoms with Gasteiger partial charge in [-0.3, -0.25) is 4.79 Å². The summed E-state index contributed by atoms with van der Waals surface area (Å²) in [7, 11) is 0. The number of hydrogen-bond acceptors (Lipinski definition) is 4. The number of hydrogen-bond donors (Lipinski definition) is 0. The van der Waals surface area contributed by atoms with E-state index in [1.54, 1.807) is 11.3 Å². The number of carbonyl (C=O) groups excluding carboxylic acids is 1. The summed E-state index contributed by atoms with van der Waals surface area (Å²) in [4.78, 5) is 16.6. The van der Waals surface area contributed by atoms with Crippen LogP contribution < -0.4 is 0 Å². The van der Waals surface area contributed by atoms with E-state index >= 15 is 0 Å². The van der Waals surface area contributed by atoms with E-state index in [0.29, 0.717) is 12.5 Å². The van der Waals surface area contributed by atoms with Crippen LogP contribution in [0.1, 0.15) is 64.3 Å². The molecular formula is C17H26BrNO2S. The maximum Gasteiger partial charge on any atom is 0.308 e. The largest absolute Gasteiger partial charge is 0.465 e.